The van der Waals surface area contributed by atoms with Gasteiger partial charge in [-0.25, -0.2) is 0 Å². The van der Waals surface area contributed by atoms with Gasteiger partial charge >= 0.3 is 6.18 Å². The Hall–Kier alpha value is -2.13. The summed E-state index contributed by atoms with van der Waals surface area (Å²) in [5.41, 5.74) is 4.89. The lowest BCUT2D eigenvalue weighted by molar-refractivity contribution is -0.137. The van der Waals surface area contributed by atoms with Gasteiger partial charge in [0.1, 0.15) is 0 Å². The Morgan fingerprint density at radius 1 is 1.31 bits per heavy atom. The van der Waals surface area contributed by atoms with Gasteiger partial charge in [-0.3, -0.25) is 4.79 Å². The molecule has 1 heterocycles. The molecule has 0 bridgehead atoms. The number of nitrogens with zero attached hydrogens (tertiary/aromatic N) is 2. The van der Waals surface area contributed by atoms with Gasteiger partial charge < -0.3 is 15.6 Å². The van der Waals surface area contributed by atoms with Crippen molar-refractivity contribution in [3.8, 4) is 0 Å². The molecule has 0 unspecified atom stereocenters. The first kappa shape index (κ1) is 21.9. The third kappa shape index (κ3) is 5.99. The number of alkyl halides is 3. The van der Waals surface area contributed by atoms with E-state index in [1.807, 2.05) is 13.8 Å². The molecule has 144 valence electrons. The maximum Gasteiger partial charge on any atom is 0.416 e. The number of nitrogens with one attached hydrogen (secondary N) is 1. The molecule has 0 saturated heterocycles. The van der Waals surface area contributed by atoms with Crippen LogP contribution in [0.1, 0.15) is 49.0 Å². The van der Waals surface area contributed by atoms with E-state index in [1.165, 1.54) is 6.07 Å². The fraction of sp³-hybridized carbons (Fsp3) is 0.438. The average molecular weight is 393 g/mol. The van der Waals surface area contributed by atoms with E-state index in [1.54, 1.807) is 0 Å². The van der Waals surface area contributed by atoms with Gasteiger partial charge in [0.05, 0.1) is 5.56 Å². The third-order valence-corrected chi connectivity index (χ3v) is 3.41. The molecule has 0 radical (unpaired) electrons. The summed E-state index contributed by atoms with van der Waals surface area (Å²) in [6.45, 7) is 3.75. The quantitative estimate of drug-likeness (QED) is 0.782. The number of hydrogen-bond donors (Lipinski definition) is 2. The summed E-state index contributed by atoms with van der Waals surface area (Å²) in [5, 5.41) is 6.23. The highest BCUT2D eigenvalue weighted by atomic mass is 35.5. The molecule has 10 heteroatoms. The van der Waals surface area contributed by atoms with Crippen LogP contribution in [-0.4, -0.2) is 16.0 Å². The number of anilines is 1. The molecule has 3 N–H and O–H groups in total. The van der Waals surface area contributed by atoms with Crippen LogP contribution in [0.15, 0.2) is 22.7 Å². The van der Waals surface area contributed by atoms with Gasteiger partial charge in [0.2, 0.25) is 11.8 Å². The molecule has 6 nitrogen and oxygen atoms in total. The first-order chi connectivity index (χ1) is 11.7. The van der Waals surface area contributed by atoms with E-state index in [0.29, 0.717) is 11.7 Å². The molecule has 1 aromatic carbocycles. The Labute approximate surface area is 154 Å². The monoisotopic (exact) mass is 392 g/mol. The molecular formula is C16H20ClF3N4O2. The predicted octanol–water partition coefficient (Wildman–Crippen LogP) is 3.66. The second-order valence-corrected chi connectivity index (χ2v) is 5.87. The van der Waals surface area contributed by atoms with Gasteiger partial charge in [-0.05, 0) is 23.8 Å². The molecule has 0 aliphatic heterocycles. The third-order valence-electron chi connectivity index (χ3n) is 3.41. The molecule has 0 saturated carbocycles. The molecule has 0 fully saturated rings. The summed E-state index contributed by atoms with van der Waals surface area (Å²) in [6.07, 6.45) is -4.30. The minimum absolute atomic E-state index is 0. The Balaban J connectivity index is 0.00000338. The fourth-order valence-electron chi connectivity index (χ4n) is 2.09. The molecule has 1 aromatic heterocycles. The van der Waals surface area contributed by atoms with Crippen LogP contribution in [0.3, 0.4) is 0 Å². The number of aryl methyl sites for hydroxylation is 1. The zero-order valence-electron chi connectivity index (χ0n) is 14.3. The number of carbonyl (C=O) groups excluding carboxylic acids is 1. The van der Waals surface area contributed by atoms with Gasteiger partial charge in [0.15, 0.2) is 5.82 Å². The van der Waals surface area contributed by atoms with Crippen molar-refractivity contribution in [2.75, 3.05) is 5.32 Å². The van der Waals surface area contributed by atoms with Crippen molar-refractivity contribution in [3.05, 3.63) is 41.0 Å². The van der Waals surface area contributed by atoms with E-state index >= 15 is 0 Å². The van der Waals surface area contributed by atoms with Crippen LogP contribution in [0.2, 0.25) is 0 Å². The lowest BCUT2D eigenvalue weighted by Gasteiger charge is -2.12. The van der Waals surface area contributed by atoms with Crippen molar-refractivity contribution in [3.63, 3.8) is 0 Å². The summed E-state index contributed by atoms with van der Waals surface area (Å²) in [6, 6.07) is 3.25. The standard InChI is InChI=1S/C16H19F3N4O2.ClH/c1-9(2)15-22-14(25-23-15)4-3-13(24)21-12-6-10(8-20)5-11(7-12)16(17,18)19;/h5-7,9H,3-4,8,20H2,1-2H3,(H,21,24);1H. The molecule has 26 heavy (non-hydrogen) atoms. The smallest absolute Gasteiger partial charge is 0.339 e. The van der Waals surface area contributed by atoms with Crippen molar-refractivity contribution in [1.29, 1.82) is 0 Å². The lowest BCUT2D eigenvalue weighted by atomic mass is 10.1. The number of amides is 1. The summed E-state index contributed by atoms with van der Waals surface area (Å²) in [5.74, 6) is 0.504. The van der Waals surface area contributed by atoms with E-state index in [2.05, 4.69) is 15.5 Å². The topological polar surface area (TPSA) is 94.0 Å². The number of nitrogens with two attached hydrogens (primary N) is 1. The van der Waals surface area contributed by atoms with Crippen LogP contribution in [-0.2, 0) is 23.9 Å². The minimum Gasteiger partial charge on any atom is -0.339 e. The molecule has 1 amide bonds. The normalized spacial score (nSPS) is 11.3. The van der Waals surface area contributed by atoms with Crippen molar-refractivity contribution in [1.82, 2.24) is 10.1 Å². The van der Waals surface area contributed by atoms with E-state index in [9.17, 15) is 18.0 Å². The second kappa shape index (κ2) is 9.00. The summed E-state index contributed by atoms with van der Waals surface area (Å²) >= 11 is 0. The molecule has 0 aliphatic rings. The number of hydrogen-bond acceptors (Lipinski definition) is 5. The van der Waals surface area contributed by atoms with Crippen molar-refractivity contribution < 1.29 is 22.5 Å². The van der Waals surface area contributed by atoms with Gasteiger partial charge in [-0.15, -0.1) is 12.4 Å². The highest BCUT2D eigenvalue weighted by Gasteiger charge is 2.31. The average Bonchev–Trinajstić information content (AvgIpc) is 3.01. The summed E-state index contributed by atoms with van der Waals surface area (Å²) in [4.78, 5) is 16.1. The SMILES string of the molecule is CC(C)c1noc(CCC(=O)Nc2cc(CN)cc(C(F)(F)F)c2)n1.Cl. The number of aromatic nitrogens is 2. The second-order valence-electron chi connectivity index (χ2n) is 5.87. The van der Waals surface area contributed by atoms with Crippen molar-refractivity contribution >= 4 is 24.0 Å². The zero-order valence-corrected chi connectivity index (χ0v) is 15.1. The molecule has 0 atom stereocenters. The Kier molecular flexibility index (Phi) is 7.58. The summed E-state index contributed by atoms with van der Waals surface area (Å²) < 4.78 is 43.7. The lowest BCUT2D eigenvalue weighted by Crippen LogP contribution is -2.15. The number of carbonyl (C=O) groups is 1. The Morgan fingerprint density at radius 3 is 2.54 bits per heavy atom. The van der Waals surface area contributed by atoms with E-state index < -0.39 is 17.6 Å². The molecule has 0 spiro atoms. The van der Waals surface area contributed by atoms with Crippen molar-refractivity contribution in [2.24, 2.45) is 5.73 Å². The minimum atomic E-state index is -4.51. The fourth-order valence-corrected chi connectivity index (χ4v) is 2.09. The highest BCUT2D eigenvalue weighted by Crippen LogP contribution is 2.32. The maximum absolute atomic E-state index is 12.9. The van der Waals surface area contributed by atoms with E-state index in [-0.39, 0.29) is 49.0 Å². The van der Waals surface area contributed by atoms with Crippen molar-refractivity contribution in [2.45, 2.75) is 45.3 Å². The largest absolute Gasteiger partial charge is 0.416 e. The Bertz CT molecular complexity index is 747. The first-order valence-electron chi connectivity index (χ1n) is 7.72. The van der Waals surface area contributed by atoms with Gasteiger partial charge in [0.25, 0.3) is 0 Å². The molecule has 2 rings (SSSR count). The number of halogens is 4. The zero-order chi connectivity index (χ0) is 18.6. The summed E-state index contributed by atoms with van der Waals surface area (Å²) in [7, 11) is 0. The highest BCUT2D eigenvalue weighted by molar-refractivity contribution is 5.91. The van der Waals surface area contributed by atoms with Gasteiger partial charge in [-0.1, -0.05) is 19.0 Å². The van der Waals surface area contributed by atoms with Gasteiger partial charge in [-0.2, -0.15) is 18.2 Å². The van der Waals surface area contributed by atoms with Crippen LogP contribution in [0.25, 0.3) is 0 Å². The van der Waals surface area contributed by atoms with Crippen LogP contribution >= 0.6 is 12.4 Å². The van der Waals surface area contributed by atoms with Crippen LogP contribution in [0, 0.1) is 0 Å². The van der Waals surface area contributed by atoms with E-state index in [4.69, 9.17) is 10.3 Å². The molecular weight excluding hydrogens is 373 g/mol. The maximum atomic E-state index is 12.9. The van der Waals surface area contributed by atoms with Crippen LogP contribution < -0.4 is 11.1 Å². The van der Waals surface area contributed by atoms with E-state index in [0.717, 1.165) is 12.1 Å². The number of benzene rings is 1. The molecule has 2 aromatic rings. The van der Waals surface area contributed by atoms with Crippen LogP contribution in [0.4, 0.5) is 18.9 Å². The molecule has 0 aliphatic carbocycles. The van der Waals surface area contributed by atoms with Gasteiger partial charge in [0, 0.05) is 31.0 Å². The predicted molar refractivity (Wildman–Crippen MR) is 91.9 cm³/mol. The first-order valence-corrected chi connectivity index (χ1v) is 7.72. The van der Waals surface area contributed by atoms with Crippen LogP contribution in [0.5, 0.6) is 0 Å². The Morgan fingerprint density at radius 2 is 2.00 bits per heavy atom. The number of rotatable bonds is 6.